The zero-order valence-electron chi connectivity index (χ0n) is 10.8. The fraction of sp³-hybridized carbons (Fsp3) is 0.667. The molecule has 0 fully saturated rings. The van der Waals surface area contributed by atoms with E-state index in [2.05, 4.69) is 15.7 Å². The van der Waals surface area contributed by atoms with Crippen LogP contribution in [-0.4, -0.2) is 34.3 Å². The summed E-state index contributed by atoms with van der Waals surface area (Å²) in [5, 5.41) is 10.3. The molecule has 0 aromatic carbocycles. The van der Waals surface area contributed by atoms with Gasteiger partial charge in [0, 0.05) is 30.9 Å². The van der Waals surface area contributed by atoms with Gasteiger partial charge in [0.05, 0.1) is 6.54 Å². The Morgan fingerprint density at radius 2 is 2.18 bits per heavy atom. The van der Waals surface area contributed by atoms with Gasteiger partial charge >= 0.3 is 0 Å². The highest BCUT2D eigenvalue weighted by Crippen LogP contribution is 1.94. The van der Waals surface area contributed by atoms with Crippen LogP contribution in [0.4, 0.5) is 0 Å². The van der Waals surface area contributed by atoms with Gasteiger partial charge in [0.2, 0.25) is 5.91 Å². The predicted molar refractivity (Wildman–Crippen MR) is 67.6 cm³/mol. The van der Waals surface area contributed by atoms with Crippen molar-refractivity contribution in [1.82, 2.24) is 20.4 Å². The number of carbonyl (C=O) groups is 1. The fourth-order valence-corrected chi connectivity index (χ4v) is 1.77. The third kappa shape index (κ3) is 5.49. The van der Waals surface area contributed by atoms with E-state index in [9.17, 15) is 4.79 Å². The molecule has 2 atom stereocenters. The van der Waals surface area contributed by atoms with Gasteiger partial charge in [-0.25, -0.2) is 0 Å². The van der Waals surface area contributed by atoms with Crippen LogP contribution in [0.3, 0.4) is 0 Å². The van der Waals surface area contributed by atoms with E-state index in [0.29, 0.717) is 13.0 Å². The summed E-state index contributed by atoms with van der Waals surface area (Å²) in [5.74, 6) is 0.0816. The van der Waals surface area contributed by atoms with Gasteiger partial charge in [0.15, 0.2) is 0 Å². The van der Waals surface area contributed by atoms with Gasteiger partial charge in [-0.1, -0.05) is 6.92 Å². The first-order valence-electron chi connectivity index (χ1n) is 6.12. The van der Waals surface area contributed by atoms with E-state index in [0.717, 1.165) is 6.54 Å². The van der Waals surface area contributed by atoms with Crippen LogP contribution in [0, 0.1) is 0 Å². The maximum absolute atomic E-state index is 11.7. The average Bonchev–Trinajstić information content (AvgIpc) is 2.69. The summed E-state index contributed by atoms with van der Waals surface area (Å²) in [7, 11) is 0. The fourth-order valence-electron chi connectivity index (χ4n) is 1.77. The van der Waals surface area contributed by atoms with Crippen LogP contribution in [0.1, 0.15) is 27.2 Å². The molecule has 1 amide bonds. The van der Waals surface area contributed by atoms with Crippen LogP contribution in [0.2, 0.25) is 0 Å². The molecule has 0 saturated carbocycles. The zero-order valence-corrected chi connectivity index (χ0v) is 10.8. The van der Waals surface area contributed by atoms with Crippen LogP contribution >= 0.6 is 0 Å². The van der Waals surface area contributed by atoms with Gasteiger partial charge in [-0.05, 0) is 26.5 Å². The molecule has 5 nitrogen and oxygen atoms in total. The van der Waals surface area contributed by atoms with E-state index in [4.69, 9.17) is 0 Å². The van der Waals surface area contributed by atoms with Crippen molar-refractivity contribution in [3.63, 3.8) is 0 Å². The second kappa shape index (κ2) is 7.06. The second-order valence-corrected chi connectivity index (χ2v) is 4.36. The molecule has 0 aliphatic rings. The van der Waals surface area contributed by atoms with E-state index in [1.165, 1.54) is 0 Å². The summed E-state index contributed by atoms with van der Waals surface area (Å²) in [6.45, 7) is 7.62. The Labute approximate surface area is 103 Å². The van der Waals surface area contributed by atoms with E-state index in [-0.39, 0.29) is 18.0 Å². The van der Waals surface area contributed by atoms with Crippen LogP contribution in [0.15, 0.2) is 18.5 Å². The minimum atomic E-state index is 0.0816. The molecule has 5 heteroatoms. The average molecular weight is 238 g/mol. The molecule has 1 rings (SSSR count). The van der Waals surface area contributed by atoms with Crippen molar-refractivity contribution in [3.05, 3.63) is 18.5 Å². The van der Waals surface area contributed by atoms with Crippen LogP contribution in [-0.2, 0) is 11.3 Å². The highest BCUT2D eigenvalue weighted by molar-refractivity contribution is 5.76. The summed E-state index contributed by atoms with van der Waals surface area (Å²) in [6, 6.07) is 2.19. The molecule has 0 aliphatic carbocycles. The van der Waals surface area contributed by atoms with Crippen molar-refractivity contribution in [2.45, 2.75) is 45.8 Å². The van der Waals surface area contributed by atoms with E-state index in [1.54, 1.807) is 6.20 Å². The molecule has 17 heavy (non-hydrogen) atoms. The zero-order chi connectivity index (χ0) is 12.7. The lowest BCUT2D eigenvalue weighted by Crippen LogP contribution is -2.39. The Hall–Kier alpha value is -1.36. The molecule has 0 aliphatic heterocycles. The number of aromatic nitrogens is 2. The molecular formula is C12H22N4O. The molecule has 2 N–H and O–H groups in total. The van der Waals surface area contributed by atoms with E-state index < -0.39 is 0 Å². The number of nitrogens with zero attached hydrogens (tertiary/aromatic N) is 2. The standard InChI is InChI=1S/C12H22N4O/c1-4-13-10(2)8-12(17)15-11(3)9-16-7-5-6-14-16/h5-7,10-11,13H,4,8-9H2,1-3H3,(H,15,17). The Morgan fingerprint density at radius 3 is 2.76 bits per heavy atom. The van der Waals surface area contributed by atoms with Gasteiger partial charge in [0.25, 0.3) is 0 Å². The largest absolute Gasteiger partial charge is 0.352 e. The minimum absolute atomic E-state index is 0.0816. The highest BCUT2D eigenvalue weighted by atomic mass is 16.1. The van der Waals surface area contributed by atoms with Crippen molar-refractivity contribution in [2.75, 3.05) is 6.54 Å². The summed E-state index contributed by atoms with van der Waals surface area (Å²) >= 11 is 0. The van der Waals surface area contributed by atoms with Crippen molar-refractivity contribution in [2.24, 2.45) is 0 Å². The first kappa shape index (κ1) is 13.7. The summed E-state index contributed by atoms with van der Waals surface area (Å²) in [4.78, 5) is 11.7. The minimum Gasteiger partial charge on any atom is -0.352 e. The molecule has 1 heterocycles. The maximum atomic E-state index is 11.7. The first-order chi connectivity index (χ1) is 8.11. The Kier molecular flexibility index (Phi) is 5.69. The van der Waals surface area contributed by atoms with Gasteiger partial charge in [-0.15, -0.1) is 0 Å². The highest BCUT2D eigenvalue weighted by Gasteiger charge is 2.11. The quantitative estimate of drug-likeness (QED) is 0.738. The normalized spacial score (nSPS) is 14.3. The maximum Gasteiger partial charge on any atom is 0.221 e. The van der Waals surface area contributed by atoms with Crippen molar-refractivity contribution in [1.29, 1.82) is 0 Å². The Bertz CT molecular complexity index is 323. The van der Waals surface area contributed by atoms with E-state index in [1.807, 2.05) is 37.7 Å². The molecule has 0 radical (unpaired) electrons. The molecular weight excluding hydrogens is 216 g/mol. The first-order valence-corrected chi connectivity index (χ1v) is 6.12. The molecule has 0 saturated heterocycles. The van der Waals surface area contributed by atoms with E-state index >= 15 is 0 Å². The summed E-state index contributed by atoms with van der Waals surface area (Å²) < 4.78 is 1.82. The topological polar surface area (TPSA) is 59.0 Å². The van der Waals surface area contributed by atoms with Crippen molar-refractivity contribution < 1.29 is 4.79 Å². The number of carbonyl (C=O) groups excluding carboxylic acids is 1. The SMILES string of the molecule is CCNC(C)CC(=O)NC(C)Cn1cccn1. The molecule has 1 aromatic rings. The predicted octanol–water partition coefficient (Wildman–Crippen LogP) is 0.776. The molecule has 0 bridgehead atoms. The lowest BCUT2D eigenvalue weighted by molar-refractivity contribution is -0.122. The Balaban J connectivity index is 2.26. The van der Waals surface area contributed by atoms with Gasteiger partial charge < -0.3 is 10.6 Å². The Morgan fingerprint density at radius 1 is 1.41 bits per heavy atom. The van der Waals surface area contributed by atoms with Crippen LogP contribution in [0.5, 0.6) is 0 Å². The van der Waals surface area contributed by atoms with Crippen molar-refractivity contribution >= 4 is 5.91 Å². The number of nitrogens with one attached hydrogen (secondary N) is 2. The summed E-state index contributed by atoms with van der Waals surface area (Å²) in [6.07, 6.45) is 4.14. The number of rotatable bonds is 7. The number of hydrogen-bond donors (Lipinski definition) is 2. The number of amides is 1. The molecule has 2 unspecified atom stereocenters. The monoisotopic (exact) mass is 238 g/mol. The second-order valence-electron chi connectivity index (χ2n) is 4.36. The molecule has 1 aromatic heterocycles. The summed E-state index contributed by atoms with van der Waals surface area (Å²) in [5.41, 5.74) is 0. The molecule has 0 spiro atoms. The van der Waals surface area contributed by atoms with Crippen LogP contribution < -0.4 is 10.6 Å². The number of hydrogen-bond acceptors (Lipinski definition) is 3. The third-order valence-electron chi connectivity index (χ3n) is 2.47. The third-order valence-corrected chi connectivity index (χ3v) is 2.47. The van der Waals surface area contributed by atoms with Gasteiger partial charge in [0.1, 0.15) is 0 Å². The van der Waals surface area contributed by atoms with Crippen molar-refractivity contribution in [3.8, 4) is 0 Å². The van der Waals surface area contributed by atoms with Gasteiger partial charge in [-0.3, -0.25) is 9.48 Å². The molecule has 96 valence electrons. The lowest BCUT2D eigenvalue weighted by Gasteiger charge is -2.16. The lowest BCUT2D eigenvalue weighted by atomic mass is 10.2. The smallest absolute Gasteiger partial charge is 0.221 e. The van der Waals surface area contributed by atoms with Crippen LogP contribution in [0.25, 0.3) is 0 Å². The van der Waals surface area contributed by atoms with Gasteiger partial charge in [-0.2, -0.15) is 5.10 Å².